The van der Waals surface area contributed by atoms with Crippen molar-refractivity contribution in [1.29, 1.82) is 0 Å². The highest BCUT2D eigenvalue weighted by molar-refractivity contribution is 6.02. The summed E-state index contributed by atoms with van der Waals surface area (Å²) in [7, 11) is 1.56. The smallest absolute Gasteiger partial charge is 0.247 e. The highest BCUT2D eigenvalue weighted by Gasteiger charge is 2.29. The molecule has 0 radical (unpaired) electrons. The second-order valence-corrected chi connectivity index (χ2v) is 11.7. The molecule has 2 aliphatic heterocycles. The number of amidine groups is 1. The Hall–Kier alpha value is -4.66. The summed E-state index contributed by atoms with van der Waals surface area (Å²) in [6.45, 7) is 11.9. The summed E-state index contributed by atoms with van der Waals surface area (Å²) in [6.07, 6.45) is 6.83. The molecule has 14 heteroatoms. The zero-order chi connectivity index (χ0) is 33.9. The number of hydrazine groups is 1. The van der Waals surface area contributed by atoms with Crippen molar-refractivity contribution in [3.8, 4) is 5.75 Å². The van der Waals surface area contributed by atoms with Crippen LogP contribution in [0.2, 0.25) is 0 Å². The van der Waals surface area contributed by atoms with E-state index < -0.39 is 0 Å². The Morgan fingerprint density at radius 3 is 2.49 bits per heavy atom. The fourth-order valence-electron chi connectivity index (χ4n) is 6.00. The molecule has 0 bridgehead atoms. The lowest BCUT2D eigenvalue weighted by atomic mass is 10.0. The molecule has 14 nitrogen and oxygen atoms in total. The molecule has 1 aromatic carbocycles. The quantitative estimate of drug-likeness (QED) is 0.0610. The first-order valence-electron chi connectivity index (χ1n) is 15.9. The number of ether oxygens (including phenoxy) is 1. The molecule has 1 aromatic heterocycles. The number of aliphatic hydroxyl groups is 1. The van der Waals surface area contributed by atoms with Gasteiger partial charge >= 0.3 is 0 Å². The van der Waals surface area contributed by atoms with Gasteiger partial charge < -0.3 is 41.4 Å². The van der Waals surface area contributed by atoms with Crippen LogP contribution in [0.25, 0.3) is 0 Å². The van der Waals surface area contributed by atoms with Crippen molar-refractivity contribution in [1.82, 2.24) is 25.5 Å². The number of nitrogens with two attached hydrogens (primary N) is 2. The third kappa shape index (κ3) is 9.44. The zero-order valence-corrected chi connectivity index (χ0v) is 27.5. The molecular weight excluding hydrogens is 600 g/mol. The first-order valence-corrected chi connectivity index (χ1v) is 15.9. The number of carbonyl (C=O) groups excluding carboxylic acids is 2. The summed E-state index contributed by atoms with van der Waals surface area (Å²) in [5, 5.41) is 15.8. The van der Waals surface area contributed by atoms with Crippen molar-refractivity contribution in [3.63, 3.8) is 0 Å². The second kappa shape index (κ2) is 16.8. The van der Waals surface area contributed by atoms with E-state index in [0.29, 0.717) is 35.4 Å². The molecule has 3 heterocycles. The van der Waals surface area contributed by atoms with Crippen LogP contribution in [-0.2, 0) is 9.59 Å². The molecule has 254 valence electrons. The number of aliphatic hydroxyl groups excluding tert-OH is 1. The zero-order valence-electron chi connectivity index (χ0n) is 27.5. The van der Waals surface area contributed by atoms with Crippen LogP contribution in [0.3, 0.4) is 0 Å². The van der Waals surface area contributed by atoms with Gasteiger partial charge in [0.2, 0.25) is 11.8 Å². The minimum absolute atomic E-state index is 0.0501. The van der Waals surface area contributed by atoms with E-state index in [9.17, 15) is 14.7 Å². The summed E-state index contributed by atoms with van der Waals surface area (Å²) in [4.78, 5) is 39.8. The van der Waals surface area contributed by atoms with E-state index in [1.165, 1.54) is 6.08 Å². The van der Waals surface area contributed by atoms with E-state index in [1.54, 1.807) is 32.4 Å². The molecule has 2 saturated heterocycles. The molecule has 0 aliphatic carbocycles. The van der Waals surface area contributed by atoms with E-state index in [2.05, 4.69) is 42.4 Å². The van der Waals surface area contributed by atoms with Crippen LogP contribution in [0.15, 0.2) is 60.0 Å². The molecule has 2 fully saturated rings. The Morgan fingerprint density at radius 2 is 1.91 bits per heavy atom. The number of hydrogen-bond donors (Lipinski definition) is 6. The Bertz CT molecular complexity index is 1450. The summed E-state index contributed by atoms with van der Waals surface area (Å²) < 4.78 is 5.73. The van der Waals surface area contributed by atoms with Crippen LogP contribution in [0.1, 0.15) is 43.5 Å². The molecular formula is C33H48N10O4. The molecule has 1 atom stereocenters. The number of anilines is 2. The van der Waals surface area contributed by atoms with Crippen LogP contribution in [-0.4, -0.2) is 96.6 Å². The maximum Gasteiger partial charge on any atom is 0.247 e. The number of aryl methyl sites for hydroxylation is 1. The van der Waals surface area contributed by atoms with E-state index >= 15 is 0 Å². The Balaban J connectivity index is 1.54. The number of hydrogen-bond acceptors (Lipinski definition) is 11. The number of pyridine rings is 1. The van der Waals surface area contributed by atoms with Gasteiger partial charge in [-0.25, -0.2) is 10.8 Å². The fraction of sp³-hybridized carbons (Fsp3) is 0.455. The van der Waals surface area contributed by atoms with Crippen molar-refractivity contribution >= 4 is 34.7 Å². The first kappa shape index (κ1) is 35.2. The van der Waals surface area contributed by atoms with Crippen LogP contribution in [0.5, 0.6) is 5.75 Å². The first-order chi connectivity index (χ1) is 22.6. The van der Waals surface area contributed by atoms with Gasteiger partial charge in [0.25, 0.3) is 0 Å². The topological polar surface area (TPSA) is 187 Å². The van der Waals surface area contributed by atoms with Crippen LogP contribution >= 0.6 is 0 Å². The van der Waals surface area contributed by atoms with Gasteiger partial charge in [0.15, 0.2) is 0 Å². The number of nitrogens with zero attached hydrogens (tertiary/aromatic N) is 5. The van der Waals surface area contributed by atoms with Gasteiger partial charge in [0, 0.05) is 82.9 Å². The number of piperidine rings is 1. The molecule has 2 aliphatic rings. The maximum atomic E-state index is 12.5. The van der Waals surface area contributed by atoms with Gasteiger partial charge in [0.1, 0.15) is 23.1 Å². The molecule has 8 N–H and O–H groups in total. The molecule has 0 saturated carbocycles. The van der Waals surface area contributed by atoms with E-state index in [-0.39, 0.29) is 30.3 Å². The van der Waals surface area contributed by atoms with E-state index in [4.69, 9.17) is 16.3 Å². The number of nitrogens with one attached hydrogen (secondary N) is 3. The number of piperazine rings is 1. The monoisotopic (exact) mass is 648 g/mol. The summed E-state index contributed by atoms with van der Waals surface area (Å²) in [6, 6.07) is 7.58. The number of methoxy groups -OCH3 is 1. The van der Waals surface area contributed by atoms with Gasteiger partial charge in [-0.2, -0.15) is 0 Å². The summed E-state index contributed by atoms with van der Waals surface area (Å²) >= 11 is 0. The molecule has 0 spiro atoms. The lowest BCUT2D eigenvalue weighted by molar-refractivity contribution is -0.131. The third-order valence-corrected chi connectivity index (χ3v) is 8.60. The van der Waals surface area contributed by atoms with E-state index in [1.807, 2.05) is 30.0 Å². The van der Waals surface area contributed by atoms with Crippen molar-refractivity contribution in [3.05, 3.63) is 66.3 Å². The van der Waals surface area contributed by atoms with Gasteiger partial charge in [-0.3, -0.25) is 19.5 Å². The van der Waals surface area contributed by atoms with Gasteiger partial charge in [-0.1, -0.05) is 12.6 Å². The lowest BCUT2D eigenvalue weighted by Gasteiger charge is -2.43. The minimum atomic E-state index is -0.350. The van der Waals surface area contributed by atoms with Crippen molar-refractivity contribution in [2.45, 2.75) is 45.2 Å². The molecule has 4 rings (SSSR count). The number of rotatable bonds is 13. The van der Waals surface area contributed by atoms with Crippen molar-refractivity contribution in [2.24, 2.45) is 16.6 Å². The number of carbonyl (C=O) groups is 2. The maximum absolute atomic E-state index is 12.5. The summed E-state index contributed by atoms with van der Waals surface area (Å²) in [5.74, 6) is 6.57. The van der Waals surface area contributed by atoms with Crippen molar-refractivity contribution in [2.75, 3.05) is 63.2 Å². The van der Waals surface area contributed by atoms with Gasteiger partial charge in [-0.15, -0.1) is 0 Å². The Kier molecular flexibility index (Phi) is 12.6. The molecule has 2 amide bonds. The normalized spacial score (nSPS) is 17.2. The highest BCUT2D eigenvalue weighted by atomic mass is 16.5. The summed E-state index contributed by atoms with van der Waals surface area (Å²) in [5.41, 5.74) is 12.5. The standard InChI is InChI=1S/C33H48N10O4/c1-5-33(46)39-27-18-28(37-31(34)20-32(40-35)38-26(10-17-44)24-7-6-22(2)36-21-24)30(47-4)19-29(27)43-11-8-25(9-12-43)42-15-13-41(14-16-42)23(3)45/h5-7,18-21,25-26,38,40,44H,1,8-17,35H2,2-4H3,(H2,34,37)(H,39,46)/b32-20-/t26-/m1/s1. The minimum Gasteiger partial charge on any atom is -0.494 e. The van der Waals surface area contributed by atoms with Gasteiger partial charge in [0.05, 0.1) is 24.5 Å². The fourth-order valence-corrected chi connectivity index (χ4v) is 6.00. The SMILES string of the molecule is C=CC(=O)Nc1cc(N=C(N)/C=C(\NN)N[C@H](CCO)c2ccc(C)nc2)c(OC)cc1N1CCC(N2CCN(C(C)=O)CC2)CC1. The van der Waals surface area contributed by atoms with E-state index in [0.717, 1.165) is 69.1 Å². The number of aromatic nitrogens is 1. The van der Waals surface area contributed by atoms with Crippen LogP contribution < -0.4 is 37.3 Å². The predicted octanol–water partition coefficient (Wildman–Crippen LogP) is 1.66. The molecule has 47 heavy (non-hydrogen) atoms. The predicted molar refractivity (Wildman–Crippen MR) is 184 cm³/mol. The largest absolute Gasteiger partial charge is 0.494 e. The molecule has 2 aromatic rings. The molecule has 0 unspecified atom stereocenters. The van der Waals surface area contributed by atoms with Crippen LogP contribution in [0, 0.1) is 6.92 Å². The number of benzene rings is 1. The second-order valence-electron chi connectivity index (χ2n) is 11.7. The number of aliphatic imine (C=N–C) groups is 1. The highest BCUT2D eigenvalue weighted by Crippen LogP contribution is 2.40. The van der Waals surface area contributed by atoms with Crippen LogP contribution in [0.4, 0.5) is 17.1 Å². The Morgan fingerprint density at radius 1 is 1.19 bits per heavy atom. The number of amides is 2. The average Bonchev–Trinajstić information content (AvgIpc) is 3.08. The average molecular weight is 649 g/mol. The van der Waals surface area contributed by atoms with Crippen molar-refractivity contribution < 1.29 is 19.4 Å². The third-order valence-electron chi connectivity index (χ3n) is 8.60. The lowest BCUT2D eigenvalue weighted by Crippen LogP contribution is -2.54. The van der Waals surface area contributed by atoms with Gasteiger partial charge in [-0.05, 0) is 50.0 Å². The Labute approximate surface area is 276 Å².